The maximum Gasteiger partial charge on any atom is 0.355 e. The smallest absolute Gasteiger partial charge is 0.355 e. The van der Waals surface area contributed by atoms with Gasteiger partial charge in [0.05, 0.1) is 0 Å². The van der Waals surface area contributed by atoms with Crippen molar-refractivity contribution in [1.82, 2.24) is 15.2 Å². The number of nitrogens with one attached hydrogen (secondary N) is 2. The number of hydrogen-bond donors (Lipinski definition) is 2. The highest BCUT2D eigenvalue weighted by Crippen LogP contribution is 2.23. The predicted octanol–water partition coefficient (Wildman–Crippen LogP) is 1.79. The number of nitrogens with zero attached hydrogens (tertiary/aromatic N) is 1. The summed E-state index contributed by atoms with van der Waals surface area (Å²) in [4.78, 5) is 47.0. The summed E-state index contributed by atoms with van der Waals surface area (Å²) in [7, 11) is 1.60. The zero-order valence-electron chi connectivity index (χ0n) is 15.3. The van der Waals surface area contributed by atoms with Crippen LogP contribution in [0.3, 0.4) is 0 Å². The third-order valence-corrected chi connectivity index (χ3v) is 4.64. The van der Waals surface area contributed by atoms with E-state index in [-0.39, 0.29) is 17.5 Å². The van der Waals surface area contributed by atoms with Crippen LogP contribution in [0.1, 0.15) is 60.4 Å². The van der Waals surface area contributed by atoms with Crippen LogP contribution in [0, 0.1) is 5.92 Å². The maximum atomic E-state index is 12.0. The molecule has 0 radical (unpaired) electrons. The van der Waals surface area contributed by atoms with E-state index < -0.39 is 24.5 Å². The van der Waals surface area contributed by atoms with Crippen molar-refractivity contribution >= 4 is 23.7 Å². The summed E-state index contributed by atoms with van der Waals surface area (Å²) in [5.41, 5.74) is 0.536. The average molecular weight is 363 g/mol. The van der Waals surface area contributed by atoms with Gasteiger partial charge in [0, 0.05) is 24.8 Å². The summed E-state index contributed by atoms with van der Waals surface area (Å²) in [6.45, 7) is 2.89. The molecular formula is C18H25N3O5. The minimum Gasteiger partial charge on any atom is -0.451 e. The summed E-state index contributed by atoms with van der Waals surface area (Å²) in [5, 5.41) is 4.96. The first kappa shape index (κ1) is 19.7. The Morgan fingerprint density at radius 3 is 2.54 bits per heavy atom. The van der Waals surface area contributed by atoms with Crippen molar-refractivity contribution in [1.29, 1.82) is 0 Å². The minimum absolute atomic E-state index is 0.0486. The van der Waals surface area contributed by atoms with Crippen LogP contribution in [0.25, 0.3) is 0 Å². The first-order valence-electron chi connectivity index (χ1n) is 8.72. The van der Waals surface area contributed by atoms with Crippen molar-refractivity contribution in [3.63, 3.8) is 0 Å². The molecule has 1 aliphatic rings. The van der Waals surface area contributed by atoms with E-state index in [1.165, 1.54) is 23.8 Å². The Labute approximate surface area is 152 Å². The van der Waals surface area contributed by atoms with Crippen LogP contribution in [-0.4, -0.2) is 40.9 Å². The van der Waals surface area contributed by atoms with Crippen molar-refractivity contribution < 1.29 is 23.9 Å². The van der Waals surface area contributed by atoms with Gasteiger partial charge in [0.15, 0.2) is 12.4 Å². The van der Waals surface area contributed by atoms with Crippen LogP contribution in [0.4, 0.5) is 4.79 Å². The second kappa shape index (κ2) is 8.64. The first-order chi connectivity index (χ1) is 12.3. The molecule has 0 aromatic carbocycles. The molecule has 142 valence electrons. The molecule has 1 heterocycles. The molecule has 8 heteroatoms. The highest BCUT2D eigenvalue weighted by atomic mass is 16.5. The number of amides is 3. The van der Waals surface area contributed by atoms with E-state index in [9.17, 15) is 19.2 Å². The number of ketones is 1. The molecule has 2 atom stereocenters. The van der Waals surface area contributed by atoms with Gasteiger partial charge in [-0.3, -0.25) is 14.9 Å². The number of hydrogen-bond acceptors (Lipinski definition) is 5. The molecule has 1 fully saturated rings. The predicted molar refractivity (Wildman–Crippen MR) is 93.8 cm³/mol. The fourth-order valence-corrected chi connectivity index (χ4v) is 3.06. The molecular weight excluding hydrogens is 338 g/mol. The van der Waals surface area contributed by atoms with Gasteiger partial charge in [-0.25, -0.2) is 9.59 Å². The second-order valence-electron chi connectivity index (χ2n) is 6.75. The largest absolute Gasteiger partial charge is 0.451 e. The fourth-order valence-electron chi connectivity index (χ4n) is 3.06. The van der Waals surface area contributed by atoms with Crippen molar-refractivity contribution in [2.75, 3.05) is 6.61 Å². The summed E-state index contributed by atoms with van der Waals surface area (Å²) in [6.07, 6.45) is 5.66. The molecule has 2 N–H and O–H groups in total. The number of imide groups is 1. The van der Waals surface area contributed by atoms with Gasteiger partial charge < -0.3 is 14.6 Å². The van der Waals surface area contributed by atoms with E-state index in [1.54, 1.807) is 7.05 Å². The molecule has 1 aromatic heterocycles. The maximum absolute atomic E-state index is 12.0. The summed E-state index contributed by atoms with van der Waals surface area (Å²) < 4.78 is 6.37. The average Bonchev–Trinajstić information content (AvgIpc) is 2.97. The summed E-state index contributed by atoms with van der Waals surface area (Å²) in [5.74, 6) is -1.25. The molecule has 1 aliphatic carbocycles. The third kappa shape index (κ3) is 5.18. The Balaban J connectivity index is 1.79. The first-order valence-corrected chi connectivity index (χ1v) is 8.72. The van der Waals surface area contributed by atoms with Gasteiger partial charge in [0.2, 0.25) is 0 Å². The molecule has 1 saturated carbocycles. The lowest BCUT2D eigenvalue weighted by Gasteiger charge is -2.29. The molecule has 1 aromatic rings. The van der Waals surface area contributed by atoms with Crippen molar-refractivity contribution in [3.8, 4) is 0 Å². The number of rotatable bonds is 5. The lowest BCUT2D eigenvalue weighted by atomic mass is 9.86. The second-order valence-corrected chi connectivity index (χ2v) is 6.75. The van der Waals surface area contributed by atoms with Gasteiger partial charge in [-0.1, -0.05) is 19.8 Å². The quantitative estimate of drug-likeness (QED) is 0.613. The Bertz CT molecular complexity index is 710. The van der Waals surface area contributed by atoms with Gasteiger partial charge in [0.25, 0.3) is 5.91 Å². The Morgan fingerprint density at radius 2 is 1.92 bits per heavy atom. The number of urea groups is 1. The zero-order valence-corrected chi connectivity index (χ0v) is 15.3. The van der Waals surface area contributed by atoms with Crippen molar-refractivity contribution in [3.05, 3.63) is 23.5 Å². The van der Waals surface area contributed by atoms with Gasteiger partial charge in [-0.2, -0.15) is 0 Å². The number of Topliss-reactive ketones (excluding diaryl/α,β-unsaturated/α-hetero) is 1. The summed E-state index contributed by atoms with van der Waals surface area (Å²) >= 11 is 0. The SMILES string of the molecule is CC(=O)c1cc(C(=O)OCC(=O)NC(=O)N[C@@H]2CCCC[C@@H]2C)n(C)c1. The van der Waals surface area contributed by atoms with E-state index >= 15 is 0 Å². The van der Waals surface area contributed by atoms with Crippen LogP contribution in [0.15, 0.2) is 12.3 Å². The highest BCUT2D eigenvalue weighted by molar-refractivity contribution is 5.99. The van der Waals surface area contributed by atoms with Gasteiger partial charge in [0.1, 0.15) is 5.69 Å². The Kier molecular flexibility index (Phi) is 6.54. The van der Waals surface area contributed by atoms with Crippen LogP contribution < -0.4 is 10.6 Å². The lowest BCUT2D eigenvalue weighted by Crippen LogP contribution is -2.48. The number of aromatic nitrogens is 1. The van der Waals surface area contributed by atoms with Crippen LogP contribution in [-0.2, 0) is 16.6 Å². The van der Waals surface area contributed by atoms with Crippen LogP contribution in [0.2, 0.25) is 0 Å². The van der Waals surface area contributed by atoms with E-state index in [0.717, 1.165) is 25.7 Å². The topological polar surface area (TPSA) is 106 Å². The van der Waals surface area contributed by atoms with Gasteiger partial charge >= 0.3 is 12.0 Å². The molecule has 0 bridgehead atoms. The van der Waals surface area contributed by atoms with E-state index in [4.69, 9.17) is 4.74 Å². The number of ether oxygens (including phenoxy) is 1. The van der Waals surface area contributed by atoms with E-state index in [2.05, 4.69) is 17.6 Å². The monoisotopic (exact) mass is 363 g/mol. The number of esters is 1. The van der Waals surface area contributed by atoms with Crippen LogP contribution >= 0.6 is 0 Å². The van der Waals surface area contributed by atoms with Crippen LogP contribution in [0.5, 0.6) is 0 Å². The zero-order chi connectivity index (χ0) is 19.3. The molecule has 26 heavy (non-hydrogen) atoms. The molecule has 0 saturated heterocycles. The molecule has 3 amide bonds. The minimum atomic E-state index is -0.739. The third-order valence-electron chi connectivity index (χ3n) is 4.64. The van der Waals surface area contributed by atoms with E-state index in [0.29, 0.717) is 11.5 Å². The molecule has 0 unspecified atom stereocenters. The molecule has 2 rings (SSSR count). The van der Waals surface area contributed by atoms with Gasteiger partial charge in [-0.05, 0) is 31.7 Å². The summed E-state index contributed by atoms with van der Waals surface area (Å²) in [6, 6.07) is 0.870. The Morgan fingerprint density at radius 1 is 1.23 bits per heavy atom. The van der Waals surface area contributed by atoms with E-state index in [1.807, 2.05) is 0 Å². The number of carbonyl (C=O) groups excluding carboxylic acids is 4. The fraction of sp³-hybridized carbons (Fsp3) is 0.556. The standard InChI is InChI=1S/C18H25N3O5/c1-11-6-4-5-7-14(11)19-18(25)20-16(23)10-26-17(24)15-8-13(12(2)22)9-21(15)3/h8-9,11,14H,4-7,10H2,1-3H3,(H2,19,20,23,25)/t11-,14+/m0/s1. The van der Waals surface area contributed by atoms with Crippen molar-refractivity contribution in [2.24, 2.45) is 13.0 Å². The van der Waals surface area contributed by atoms with Gasteiger partial charge in [-0.15, -0.1) is 0 Å². The lowest BCUT2D eigenvalue weighted by molar-refractivity contribution is -0.123. The highest BCUT2D eigenvalue weighted by Gasteiger charge is 2.23. The van der Waals surface area contributed by atoms with Crippen molar-refractivity contribution in [2.45, 2.75) is 45.6 Å². The number of carbonyl (C=O) groups is 4. The number of aryl methyl sites for hydroxylation is 1. The molecule has 0 aliphatic heterocycles. The Hall–Kier alpha value is -2.64. The molecule has 8 nitrogen and oxygen atoms in total. The normalized spacial score (nSPS) is 19.5. The molecule has 0 spiro atoms.